The van der Waals surface area contributed by atoms with E-state index in [4.69, 9.17) is 23.2 Å². The van der Waals surface area contributed by atoms with Crippen molar-refractivity contribution >= 4 is 45.8 Å². The Bertz CT molecular complexity index is 1070. The van der Waals surface area contributed by atoms with Crippen LogP contribution in [0.5, 0.6) is 0 Å². The van der Waals surface area contributed by atoms with Gasteiger partial charge in [-0.2, -0.15) is 5.10 Å². The maximum atomic E-state index is 12.4. The number of nitrogens with zero attached hydrogens (tertiary/aromatic N) is 2. The van der Waals surface area contributed by atoms with E-state index in [9.17, 15) is 4.79 Å². The summed E-state index contributed by atoms with van der Waals surface area (Å²) in [6.45, 7) is 0. The normalized spacial score (nSPS) is 11.0. The van der Waals surface area contributed by atoms with Gasteiger partial charge in [0, 0.05) is 34.9 Å². The molecule has 8 heteroatoms. The van der Waals surface area contributed by atoms with Gasteiger partial charge < -0.3 is 10.3 Å². The molecule has 0 aliphatic carbocycles. The van der Waals surface area contributed by atoms with Crippen molar-refractivity contribution in [3.05, 3.63) is 64.5 Å². The van der Waals surface area contributed by atoms with Crippen molar-refractivity contribution in [2.45, 2.75) is 0 Å². The molecule has 4 aromatic rings. The standard InChI is InChI=1S/C17H11Cl2N5O/c18-11-1-2-12-10(16(11)19)7-14(21-12)17(25)22-15-8-13(23-24-15)9-3-5-20-6-4-9/h1-8,21H,(H2,22,23,24,25). The van der Waals surface area contributed by atoms with Gasteiger partial charge in [-0.3, -0.25) is 14.9 Å². The van der Waals surface area contributed by atoms with Gasteiger partial charge in [0.2, 0.25) is 0 Å². The molecule has 0 saturated heterocycles. The molecule has 3 aromatic heterocycles. The van der Waals surface area contributed by atoms with E-state index < -0.39 is 0 Å². The number of amides is 1. The maximum Gasteiger partial charge on any atom is 0.273 e. The Kier molecular flexibility index (Phi) is 3.91. The van der Waals surface area contributed by atoms with E-state index in [-0.39, 0.29) is 5.91 Å². The van der Waals surface area contributed by atoms with Crippen LogP contribution in [0.25, 0.3) is 22.2 Å². The van der Waals surface area contributed by atoms with Crippen LogP contribution in [0.15, 0.2) is 48.8 Å². The van der Waals surface area contributed by atoms with Crippen molar-refractivity contribution in [1.82, 2.24) is 20.2 Å². The fraction of sp³-hybridized carbons (Fsp3) is 0. The third-order valence-corrected chi connectivity index (χ3v) is 4.56. The molecule has 1 amide bonds. The van der Waals surface area contributed by atoms with Crippen LogP contribution in [0.4, 0.5) is 5.82 Å². The van der Waals surface area contributed by atoms with Gasteiger partial charge in [-0.25, -0.2) is 0 Å². The number of aromatic nitrogens is 4. The summed E-state index contributed by atoms with van der Waals surface area (Å²) in [7, 11) is 0. The molecule has 3 N–H and O–H groups in total. The lowest BCUT2D eigenvalue weighted by atomic mass is 10.2. The average molecular weight is 372 g/mol. The van der Waals surface area contributed by atoms with Crippen LogP contribution in [0.3, 0.4) is 0 Å². The topological polar surface area (TPSA) is 86.5 Å². The van der Waals surface area contributed by atoms with Crippen LogP contribution in [0.2, 0.25) is 10.0 Å². The minimum absolute atomic E-state index is 0.323. The van der Waals surface area contributed by atoms with Crippen molar-refractivity contribution in [2.75, 3.05) is 5.32 Å². The molecule has 0 radical (unpaired) electrons. The molecule has 6 nitrogen and oxygen atoms in total. The molecule has 0 saturated carbocycles. The second-order valence-electron chi connectivity index (χ2n) is 5.36. The fourth-order valence-electron chi connectivity index (χ4n) is 2.51. The number of halogens is 2. The second-order valence-corrected chi connectivity index (χ2v) is 6.15. The van der Waals surface area contributed by atoms with E-state index in [2.05, 4.69) is 25.5 Å². The van der Waals surface area contributed by atoms with E-state index in [1.807, 2.05) is 12.1 Å². The number of pyridine rings is 1. The van der Waals surface area contributed by atoms with Gasteiger partial charge in [-0.1, -0.05) is 23.2 Å². The first kappa shape index (κ1) is 15.7. The second kappa shape index (κ2) is 6.23. The van der Waals surface area contributed by atoms with Gasteiger partial charge in [0.05, 0.1) is 15.7 Å². The number of nitrogens with one attached hydrogen (secondary N) is 3. The average Bonchev–Trinajstić information content (AvgIpc) is 3.26. The lowest BCUT2D eigenvalue weighted by Gasteiger charge is -1.98. The first-order valence-electron chi connectivity index (χ1n) is 7.36. The highest BCUT2D eigenvalue weighted by Gasteiger charge is 2.14. The van der Waals surface area contributed by atoms with Gasteiger partial charge in [0.1, 0.15) is 5.69 Å². The zero-order chi connectivity index (χ0) is 17.4. The maximum absolute atomic E-state index is 12.4. The number of rotatable bonds is 3. The molecule has 124 valence electrons. The smallest absolute Gasteiger partial charge is 0.273 e. The Labute approximate surface area is 152 Å². The molecule has 0 spiro atoms. The van der Waals surface area contributed by atoms with Gasteiger partial charge >= 0.3 is 0 Å². The molecular weight excluding hydrogens is 361 g/mol. The third kappa shape index (κ3) is 2.97. The number of H-pyrrole nitrogens is 2. The van der Waals surface area contributed by atoms with Crippen LogP contribution in [0.1, 0.15) is 10.5 Å². The van der Waals surface area contributed by atoms with Gasteiger partial charge in [-0.15, -0.1) is 0 Å². The van der Waals surface area contributed by atoms with E-state index in [0.717, 1.165) is 16.8 Å². The van der Waals surface area contributed by atoms with Gasteiger partial charge in [0.25, 0.3) is 5.91 Å². The summed E-state index contributed by atoms with van der Waals surface area (Å²) in [6, 6.07) is 10.6. The van der Waals surface area contributed by atoms with E-state index in [1.54, 1.807) is 36.7 Å². The summed E-state index contributed by atoms with van der Waals surface area (Å²) in [5.41, 5.74) is 2.81. The van der Waals surface area contributed by atoms with Crippen LogP contribution in [0, 0.1) is 0 Å². The molecule has 1 aromatic carbocycles. The molecule has 4 rings (SSSR count). The van der Waals surface area contributed by atoms with E-state index in [1.165, 1.54) is 0 Å². The van der Waals surface area contributed by atoms with E-state index in [0.29, 0.717) is 26.9 Å². The number of aromatic amines is 2. The number of carbonyl (C=O) groups is 1. The molecule has 0 aliphatic heterocycles. The van der Waals surface area contributed by atoms with Crippen LogP contribution in [-0.2, 0) is 0 Å². The number of hydrogen-bond donors (Lipinski definition) is 3. The van der Waals surface area contributed by atoms with Crippen molar-refractivity contribution < 1.29 is 4.79 Å². The predicted octanol–water partition coefficient (Wildman–Crippen LogP) is 4.51. The first-order chi connectivity index (χ1) is 12.1. The minimum atomic E-state index is -0.323. The summed E-state index contributed by atoms with van der Waals surface area (Å²) in [4.78, 5) is 19.4. The summed E-state index contributed by atoms with van der Waals surface area (Å²) >= 11 is 12.2. The highest BCUT2D eigenvalue weighted by atomic mass is 35.5. The Morgan fingerprint density at radius 3 is 2.68 bits per heavy atom. The summed E-state index contributed by atoms with van der Waals surface area (Å²) < 4.78 is 0. The van der Waals surface area contributed by atoms with Crippen molar-refractivity contribution in [3.63, 3.8) is 0 Å². The SMILES string of the molecule is O=C(Nc1cc(-c2ccncc2)[nH]n1)c1cc2c(Cl)c(Cl)ccc2[nH]1. The zero-order valence-electron chi connectivity index (χ0n) is 12.7. The van der Waals surface area contributed by atoms with E-state index >= 15 is 0 Å². The highest BCUT2D eigenvalue weighted by Crippen LogP contribution is 2.31. The van der Waals surface area contributed by atoms with Crippen molar-refractivity contribution in [1.29, 1.82) is 0 Å². The van der Waals surface area contributed by atoms with Crippen molar-refractivity contribution in [3.8, 4) is 11.3 Å². The molecule has 0 fully saturated rings. The summed E-state index contributed by atoms with van der Waals surface area (Å²) in [5.74, 6) is 0.0933. The zero-order valence-corrected chi connectivity index (χ0v) is 14.2. The Morgan fingerprint density at radius 2 is 1.88 bits per heavy atom. The number of anilines is 1. The third-order valence-electron chi connectivity index (χ3n) is 3.75. The number of hydrogen-bond acceptors (Lipinski definition) is 3. The molecule has 0 atom stereocenters. The molecule has 0 bridgehead atoms. The van der Waals surface area contributed by atoms with Crippen LogP contribution >= 0.6 is 23.2 Å². The first-order valence-corrected chi connectivity index (χ1v) is 8.11. The fourth-order valence-corrected chi connectivity index (χ4v) is 2.90. The summed E-state index contributed by atoms with van der Waals surface area (Å²) in [6.07, 6.45) is 3.38. The minimum Gasteiger partial charge on any atom is -0.350 e. The Balaban J connectivity index is 1.58. The quantitative estimate of drug-likeness (QED) is 0.495. The highest BCUT2D eigenvalue weighted by molar-refractivity contribution is 6.45. The van der Waals surface area contributed by atoms with Crippen LogP contribution < -0.4 is 5.32 Å². The predicted molar refractivity (Wildman–Crippen MR) is 98.1 cm³/mol. The number of carbonyl (C=O) groups excluding carboxylic acids is 1. The monoisotopic (exact) mass is 371 g/mol. The lowest BCUT2D eigenvalue weighted by Crippen LogP contribution is -2.12. The molecule has 3 heterocycles. The van der Waals surface area contributed by atoms with Crippen molar-refractivity contribution in [2.24, 2.45) is 0 Å². The Hall–Kier alpha value is -2.83. The lowest BCUT2D eigenvalue weighted by molar-refractivity contribution is 0.102. The Morgan fingerprint density at radius 1 is 1.08 bits per heavy atom. The summed E-state index contributed by atoms with van der Waals surface area (Å²) in [5, 5.41) is 11.3. The molecular formula is C17H11Cl2N5O. The largest absolute Gasteiger partial charge is 0.350 e. The van der Waals surface area contributed by atoms with Crippen LogP contribution in [-0.4, -0.2) is 26.1 Å². The number of fused-ring (bicyclic) bond motifs is 1. The molecule has 0 aliphatic rings. The van der Waals surface area contributed by atoms with Gasteiger partial charge in [-0.05, 0) is 30.3 Å². The molecule has 25 heavy (non-hydrogen) atoms. The van der Waals surface area contributed by atoms with Gasteiger partial charge in [0.15, 0.2) is 5.82 Å². The number of benzene rings is 1. The molecule has 0 unspecified atom stereocenters.